The van der Waals surface area contributed by atoms with Crippen LogP contribution in [0.1, 0.15) is 18.5 Å². The molecule has 0 aromatic heterocycles. The van der Waals surface area contributed by atoms with Gasteiger partial charge >= 0.3 is 0 Å². The predicted molar refractivity (Wildman–Crippen MR) is 56.4 cm³/mol. The lowest BCUT2D eigenvalue weighted by Crippen LogP contribution is -2.17. The highest BCUT2D eigenvalue weighted by molar-refractivity contribution is 5.35. The molecule has 1 aromatic carbocycles. The second-order valence-electron chi connectivity index (χ2n) is 3.03. The Kier molecular flexibility index (Phi) is 4.43. The number of methoxy groups -OCH3 is 1. The minimum absolute atomic E-state index is 0.122. The summed E-state index contributed by atoms with van der Waals surface area (Å²) in [7, 11) is 1.64. The fourth-order valence-electron chi connectivity index (χ4n) is 1.34. The highest BCUT2D eigenvalue weighted by atomic mass is 16.5. The summed E-state index contributed by atoms with van der Waals surface area (Å²) >= 11 is 0. The summed E-state index contributed by atoms with van der Waals surface area (Å²) < 4.78 is 10.5. The van der Waals surface area contributed by atoms with Crippen molar-refractivity contribution in [2.45, 2.75) is 13.0 Å². The largest absolute Gasteiger partial charge is 0.494 e. The molecule has 0 saturated carbocycles. The van der Waals surface area contributed by atoms with E-state index in [4.69, 9.17) is 15.2 Å². The van der Waals surface area contributed by atoms with E-state index in [0.29, 0.717) is 13.2 Å². The second-order valence-corrected chi connectivity index (χ2v) is 3.03. The third kappa shape index (κ3) is 2.72. The number of rotatable bonds is 5. The maximum absolute atomic E-state index is 5.93. The molecule has 3 heteroatoms. The van der Waals surface area contributed by atoms with E-state index in [9.17, 15) is 0 Å². The van der Waals surface area contributed by atoms with E-state index in [0.717, 1.165) is 11.3 Å². The molecule has 14 heavy (non-hydrogen) atoms. The summed E-state index contributed by atoms with van der Waals surface area (Å²) in [5.41, 5.74) is 6.93. The van der Waals surface area contributed by atoms with Gasteiger partial charge in [0.2, 0.25) is 0 Å². The van der Waals surface area contributed by atoms with E-state index >= 15 is 0 Å². The van der Waals surface area contributed by atoms with Crippen molar-refractivity contribution in [1.29, 1.82) is 0 Å². The average Bonchev–Trinajstić information content (AvgIpc) is 2.19. The van der Waals surface area contributed by atoms with Crippen LogP contribution in [0.4, 0.5) is 0 Å². The molecule has 0 spiro atoms. The van der Waals surface area contributed by atoms with Crippen LogP contribution >= 0.6 is 0 Å². The van der Waals surface area contributed by atoms with Crippen molar-refractivity contribution >= 4 is 0 Å². The summed E-state index contributed by atoms with van der Waals surface area (Å²) in [5, 5.41) is 0. The monoisotopic (exact) mass is 195 g/mol. The normalized spacial score (nSPS) is 12.5. The van der Waals surface area contributed by atoms with Crippen molar-refractivity contribution in [1.82, 2.24) is 0 Å². The number of ether oxygens (including phenoxy) is 2. The van der Waals surface area contributed by atoms with Crippen LogP contribution in [0.2, 0.25) is 0 Å². The van der Waals surface area contributed by atoms with Gasteiger partial charge in [0.25, 0.3) is 0 Å². The van der Waals surface area contributed by atoms with Gasteiger partial charge in [0.1, 0.15) is 5.75 Å². The Hall–Kier alpha value is -1.06. The Morgan fingerprint density at radius 3 is 2.71 bits per heavy atom. The first-order chi connectivity index (χ1) is 6.79. The van der Waals surface area contributed by atoms with Crippen LogP contribution in [0.25, 0.3) is 0 Å². The summed E-state index contributed by atoms with van der Waals surface area (Å²) in [6.45, 7) is 3.11. The van der Waals surface area contributed by atoms with Crippen LogP contribution < -0.4 is 10.5 Å². The van der Waals surface area contributed by atoms with Gasteiger partial charge in [0.05, 0.1) is 19.3 Å². The zero-order chi connectivity index (χ0) is 10.4. The minimum atomic E-state index is -0.122. The zero-order valence-electron chi connectivity index (χ0n) is 8.69. The fraction of sp³-hybridized carbons (Fsp3) is 0.455. The lowest BCUT2D eigenvalue weighted by Gasteiger charge is -2.15. The average molecular weight is 195 g/mol. The molecular formula is C11H17NO2. The first kappa shape index (κ1) is 11.0. The lowest BCUT2D eigenvalue weighted by atomic mass is 10.1. The van der Waals surface area contributed by atoms with E-state index < -0.39 is 0 Å². The summed E-state index contributed by atoms with van der Waals surface area (Å²) in [6.07, 6.45) is 0. The molecule has 1 rings (SSSR count). The molecule has 0 aliphatic rings. The Morgan fingerprint density at radius 2 is 2.07 bits per heavy atom. The molecule has 3 nitrogen and oxygen atoms in total. The van der Waals surface area contributed by atoms with Gasteiger partial charge in [-0.05, 0) is 13.0 Å². The number of para-hydroxylation sites is 1. The topological polar surface area (TPSA) is 44.5 Å². The van der Waals surface area contributed by atoms with Crippen LogP contribution in [0.5, 0.6) is 5.75 Å². The number of benzene rings is 1. The van der Waals surface area contributed by atoms with E-state index in [1.54, 1.807) is 7.11 Å². The van der Waals surface area contributed by atoms with Crippen molar-refractivity contribution in [3.8, 4) is 5.75 Å². The predicted octanol–water partition coefficient (Wildman–Crippen LogP) is 1.73. The Bertz CT molecular complexity index is 276. The van der Waals surface area contributed by atoms with Crippen LogP contribution in [0.15, 0.2) is 24.3 Å². The van der Waals surface area contributed by atoms with Gasteiger partial charge in [-0.15, -0.1) is 0 Å². The molecule has 2 N–H and O–H groups in total. The zero-order valence-corrected chi connectivity index (χ0v) is 8.69. The van der Waals surface area contributed by atoms with Gasteiger partial charge in [-0.2, -0.15) is 0 Å². The molecule has 1 aromatic rings. The standard InChI is InChI=1S/C11H17NO2/c1-3-14-11-7-5-4-6-9(11)10(12)8-13-2/h4-7,10H,3,8,12H2,1-2H3. The van der Waals surface area contributed by atoms with Gasteiger partial charge in [-0.25, -0.2) is 0 Å². The maximum Gasteiger partial charge on any atom is 0.124 e. The van der Waals surface area contributed by atoms with Gasteiger partial charge in [0.15, 0.2) is 0 Å². The van der Waals surface area contributed by atoms with Gasteiger partial charge in [0, 0.05) is 12.7 Å². The first-order valence-corrected chi connectivity index (χ1v) is 4.75. The highest BCUT2D eigenvalue weighted by Gasteiger charge is 2.10. The minimum Gasteiger partial charge on any atom is -0.494 e. The molecule has 0 radical (unpaired) electrons. The van der Waals surface area contributed by atoms with E-state index in [1.807, 2.05) is 31.2 Å². The van der Waals surface area contributed by atoms with Crippen LogP contribution in [-0.4, -0.2) is 20.3 Å². The van der Waals surface area contributed by atoms with E-state index in [2.05, 4.69) is 0 Å². The molecular weight excluding hydrogens is 178 g/mol. The SMILES string of the molecule is CCOc1ccccc1C(N)COC. The molecule has 0 aliphatic carbocycles. The number of nitrogens with two attached hydrogens (primary N) is 1. The van der Waals surface area contributed by atoms with Gasteiger partial charge in [-0.3, -0.25) is 0 Å². The van der Waals surface area contributed by atoms with Crippen LogP contribution in [0, 0.1) is 0 Å². The van der Waals surface area contributed by atoms with E-state index in [-0.39, 0.29) is 6.04 Å². The van der Waals surface area contributed by atoms with E-state index in [1.165, 1.54) is 0 Å². The highest BCUT2D eigenvalue weighted by Crippen LogP contribution is 2.23. The molecule has 0 aliphatic heterocycles. The molecule has 78 valence electrons. The fourth-order valence-corrected chi connectivity index (χ4v) is 1.34. The van der Waals surface area contributed by atoms with Crippen LogP contribution in [0.3, 0.4) is 0 Å². The molecule has 0 amide bonds. The van der Waals surface area contributed by atoms with Crippen molar-refractivity contribution < 1.29 is 9.47 Å². The lowest BCUT2D eigenvalue weighted by molar-refractivity contribution is 0.179. The molecule has 0 heterocycles. The molecule has 0 bridgehead atoms. The number of hydrogen-bond donors (Lipinski definition) is 1. The smallest absolute Gasteiger partial charge is 0.124 e. The summed E-state index contributed by atoms with van der Waals surface area (Å²) in [4.78, 5) is 0. The third-order valence-electron chi connectivity index (χ3n) is 1.96. The Balaban J connectivity index is 2.82. The molecule has 0 saturated heterocycles. The van der Waals surface area contributed by atoms with Crippen molar-refractivity contribution in [3.63, 3.8) is 0 Å². The Labute approximate surface area is 84.8 Å². The van der Waals surface area contributed by atoms with Crippen LogP contribution in [-0.2, 0) is 4.74 Å². The van der Waals surface area contributed by atoms with Gasteiger partial charge in [-0.1, -0.05) is 18.2 Å². The van der Waals surface area contributed by atoms with Crippen molar-refractivity contribution in [3.05, 3.63) is 29.8 Å². The first-order valence-electron chi connectivity index (χ1n) is 4.75. The number of hydrogen-bond acceptors (Lipinski definition) is 3. The molecule has 1 atom stereocenters. The third-order valence-corrected chi connectivity index (χ3v) is 1.96. The van der Waals surface area contributed by atoms with Crippen molar-refractivity contribution in [2.24, 2.45) is 5.73 Å². The van der Waals surface area contributed by atoms with Crippen molar-refractivity contribution in [2.75, 3.05) is 20.3 Å². The summed E-state index contributed by atoms with van der Waals surface area (Å²) in [5.74, 6) is 0.847. The second kappa shape index (κ2) is 5.62. The molecule has 1 unspecified atom stereocenters. The van der Waals surface area contributed by atoms with Gasteiger partial charge < -0.3 is 15.2 Å². The maximum atomic E-state index is 5.93. The Morgan fingerprint density at radius 1 is 1.36 bits per heavy atom. The quantitative estimate of drug-likeness (QED) is 0.778. The molecule has 0 fully saturated rings. The summed E-state index contributed by atoms with van der Waals surface area (Å²) in [6, 6.07) is 7.66.